The number of hydrogen-bond donors (Lipinski definition) is 0. The van der Waals surface area contributed by atoms with Crippen molar-refractivity contribution in [1.82, 2.24) is 9.55 Å². The van der Waals surface area contributed by atoms with E-state index >= 15 is 0 Å². The molecule has 0 saturated carbocycles. The normalized spacial score (nSPS) is 11.9. The molecule has 0 bridgehead atoms. The molecule has 5 nitrogen and oxygen atoms in total. The zero-order valence-electron chi connectivity index (χ0n) is 16.6. The topological polar surface area (TPSA) is 61.2 Å². The second-order valence-corrected chi connectivity index (χ2v) is 8.07. The van der Waals surface area contributed by atoms with Gasteiger partial charge in [0.2, 0.25) is 0 Å². The molecule has 6 heteroatoms. The fourth-order valence-electron chi connectivity index (χ4n) is 3.24. The molecule has 4 rings (SSSR count). The number of para-hydroxylation sites is 1. The molecule has 1 heterocycles. The Hall–Kier alpha value is -3.38. The molecule has 0 amide bonds. The van der Waals surface area contributed by atoms with Crippen LogP contribution in [-0.2, 0) is 4.74 Å². The molecular weight excluding hydrogens is 396 g/mol. The molecular formula is C24H20N2O3S. The highest BCUT2D eigenvalue weighted by molar-refractivity contribution is 7.99. The van der Waals surface area contributed by atoms with E-state index in [9.17, 15) is 9.59 Å². The van der Waals surface area contributed by atoms with Gasteiger partial charge in [0.05, 0.1) is 29.3 Å². The second kappa shape index (κ2) is 8.55. The number of rotatable bonds is 5. The SMILES string of the molecule is COC(=O)c1ccc2c(=O)n(-c3ccccc3)c(S[C@@H](C)c3ccccc3)nc2c1. The molecule has 0 saturated heterocycles. The number of methoxy groups -OCH3 is 1. The van der Waals surface area contributed by atoms with Gasteiger partial charge in [0.1, 0.15) is 0 Å². The molecule has 0 aliphatic carbocycles. The van der Waals surface area contributed by atoms with Crippen LogP contribution in [0.3, 0.4) is 0 Å². The molecule has 0 spiro atoms. The molecule has 0 radical (unpaired) electrons. The monoisotopic (exact) mass is 416 g/mol. The van der Waals surface area contributed by atoms with Crippen LogP contribution in [0.2, 0.25) is 0 Å². The number of ether oxygens (including phenoxy) is 1. The smallest absolute Gasteiger partial charge is 0.337 e. The van der Waals surface area contributed by atoms with Gasteiger partial charge in [-0.15, -0.1) is 0 Å². The average Bonchev–Trinajstić information content (AvgIpc) is 2.79. The fourth-order valence-corrected chi connectivity index (χ4v) is 4.30. The molecule has 1 aromatic heterocycles. The van der Waals surface area contributed by atoms with Crippen LogP contribution in [0.25, 0.3) is 16.6 Å². The average molecular weight is 417 g/mol. The molecule has 0 N–H and O–H groups in total. The van der Waals surface area contributed by atoms with E-state index < -0.39 is 5.97 Å². The first-order valence-electron chi connectivity index (χ1n) is 9.50. The van der Waals surface area contributed by atoms with E-state index in [-0.39, 0.29) is 10.8 Å². The third-order valence-corrected chi connectivity index (χ3v) is 5.94. The number of thioether (sulfide) groups is 1. The molecule has 150 valence electrons. The van der Waals surface area contributed by atoms with Gasteiger partial charge in [-0.1, -0.05) is 60.3 Å². The lowest BCUT2D eigenvalue weighted by Crippen LogP contribution is -2.22. The predicted molar refractivity (Wildman–Crippen MR) is 119 cm³/mol. The fraction of sp³-hybridized carbons (Fsp3) is 0.125. The Morgan fingerprint density at radius 1 is 1.00 bits per heavy atom. The minimum atomic E-state index is -0.460. The van der Waals surface area contributed by atoms with Crippen molar-refractivity contribution in [1.29, 1.82) is 0 Å². The summed E-state index contributed by atoms with van der Waals surface area (Å²) < 4.78 is 6.44. The zero-order valence-corrected chi connectivity index (χ0v) is 17.4. The first kappa shape index (κ1) is 19.9. The Morgan fingerprint density at radius 2 is 1.67 bits per heavy atom. The molecule has 0 fully saturated rings. The summed E-state index contributed by atoms with van der Waals surface area (Å²) in [4.78, 5) is 30.1. The van der Waals surface area contributed by atoms with Gasteiger partial charge >= 0.3 is 5.97 Å². The van der Waals surface area contributed by atoms with Crippen LogP contribution >= 0.6 is 11.8 Å². The van der Waals surface area contributed by atoms with Crippen LogP contribution in [0.15, 0.2) is 88.8 Å². The van der Waals surface area contributed by atoms with Gasteiger partial charge in [-0.2, -0.15) is 0 Å². The summed E-state index contributed by atoms with van der Waals surface area (Å²) in [7, 11) is 1.33. The minimum Gasteiger partial charge on any atom is -0.465 e. The standard InChI is InChI=1S/C24H20N2O3S/c1-16(17-9-5-3-6-10-17)30-24-25-21-15-18(23(28)29-2)13-14-20(21)22(27)26(24)19-11-7-4-8-12-19/h3-16H,1-2H3/t16-/m0/s1. The van der Waals surface area contributed by atoms with E-state index in [0.717, 1.165) is 11.3 Å². The number of aromatic nitrogens is 2. The highest BCUT2D eigenvalue weighted by Gasteiger charge is 2.18. The molecule has 30 heavy (non-hydrogen) atoms. The van der Waals surface area contributed by atoms with E-state index in [1.54, 1.807) is 22.8 Å². The number of hydrogen-bond acceptors (Lipinski definition) is 5. The van der Waals surface area contributed by atoms with E-state index in [2.05, 4.69) is 19.1 Å². The van der Waals surface area contributed by atoms with Crippen molar-refractivity contribution < 1.29 is 9.53 Å². The van der Waals surface area contributed by atoms with Crippen LogP contribution in [0, 0.1) is 0 Å². The van der Waals surface area contributed by atoms with Crippen molar-refractivity contribution in [2.45, 2.75) is 17.3 Å². The molecule has 3 aromatic carbocycles. The summed E-state index contributed by atoms with van der Waals surface area (Å²) in [6, 6.07) is 24.4. The lowest BCUT2D eigenvalue weighted by Gasteiger charge is -2.17. The van der Waals surface area contributed by atoms with Crippen LogP contribution in [0.5, 0.6) is 0 Å². The van der Waals surface area contributed by atoms with Crippen molar-refractivity contribution >= 4 is 28.6 Å². The van der Waals surface area contributed by atoms with Crippen molar-refractivity contribution in [2.24, 2.45) is 0 Å². The van der Waals surface area contributed by atoms with E-state index in [4.69, 9.17) is 9.72 Å². The summed E-state index contributed by atoms with van der Waals surface area (Å²) in [5, 5.41) is 1.09. The minimum absolute atomic E-state index is 0.0781. The molecule has 0 unspecified atom stereocenters. The Bertz CT molecular complexity index is 1250. The maximum atomic E-state index is 13.4. The van der Waals surface area contributed by atoms with E-state index in [0.29, 0.717) is 21.6 Å². The highest BCUT2D eigenvalue weighted by atomic mass is 32.2. The summed E-state index contributed by atoms with van der Waals surface area (Å²) >= 11 is 1.50. The highest BCUT2D eigenvalue weighted by Crippen LogP contribution is 2.34. The second-order valence-electron chi connectivity index (χ2n) is 6.76. The zero-order chi connectivity index (χ0) is 21.1. The molecule has 1 atom stereocenters. The van der Waals surface area contributed by atoms with Gasteiger partial charge in [0, 0.05) is 5.25 Å². The summed E-state index contributed by atoms with van der Waals surface area (Å²) in [6.07, 6.45) is 0. The number of carbonyl (C=O) groups is 1. The third kappa shape index (κ3) is 3.86. The number of esters is 1. The third-order valence-electron chi connectivity index (χ3n) is 4.83. The number of fused-ring (bicyclic) bond motifs is 1. The van der Waals surface area contributed by atoms with Gasteiger partial charge in [-0.3, -0.25) is 9.36 Å². The van der Waals surface area contributed by atoms with E-state index in [1.165, 1.54) is 18.9 Å². The lowest BCUT2D eigenvalue weighted by atomic mass is 10.1. The van der Waals surface area contributed by atoms with Crippen LogP contribution < -0.4 is 5.56 Å². The van der Waals surface area contributed by atoms with Gasteiger partial charge in [0.15, 0.2) is 5.16 Å². The van der Waals surface area contributed by atoms with Crippen LogP contribution in [0.1, 0.15) is 28.1 Å². The maximum Gasteiger partial charge on any atom is 0.337 e. The molecule has 0 aliphatic heterocycles. The summed E-state index contributed by atoms with van der Waals surface area (Å²) in [5.41, 5.74) is 2.54. The lowest BCUT2D eigenvalue weighted by molar-refractivity contribution is 0.0601. The van der Waals surface area contributed by atoms with Gasteiger partial charge in [-0.25, -0.2) is 9.78 Å². The number of benzene rings is 3. The van der Waals surface area contributed by atoms with E-state index in [1.807, 2.05) is 48.5 Å². The van der Waals surface area contributed by atoms with Crippen molar-refractivity contribution in [3.8, 4) is 5.69 Å². The Morgan fingerprint density at radius 3 is 2.33 bits per heavy atom. The largest absolute Gasteiger partial charge is 0.465 e. The van der Waals surface area contributed by atoms with Crippen molar-refractivity contribution in [3.05, 3.63) is 100 Å². The molecule has 0 aliphatic rings. The van der Waals surface area contributed by atoms with Gasteiger partial charge in [0.25, 0.3) is 5.56 Å². The predicted octanol–water partition coefficient (Wildman–Crippen LogP) is 5.03. The molecule has 4 aromatic rings. The van der Waals surface area contributed by atoms with Crippen LogP contribution in [-0.4, -0.2) is 22.6 Å². The van der Waals surface area contributed by atoms with Crippen molar-refractivity contribution in [2.75, 3.05) is 7.11 Å². The van der Waals surface area contributed by atoms with Gasteiger partial charge < -0.3 is 4.74 Å². The first-order chi connectivity index (χ1) is 14.6. The Labute approximate surface area is 178 Å². The summed E-state index contributed by atoms with van der Waals surface area (Å²) in [6.45, 7) is 2.08. The summed E-state index contributed by atoms with van der Waals surface area (Å²) in [5.74, 6) is -0.460. The quantitative estimate of drug-likeness (QED) is 0.260. The van der Waals surface area contributed by atoms with Crippen molar-refractivity contribution in [3.63, 3.8) is 0 Å². The Balaban J connectivity index is 1.90. The maximum absolute atomic E-state index is 13.4. The van der Waals surface area contributed by atoms with Gasteiger partial charge in [-0.05, 0) is 42.8 Å². The number of nitrogens with zero attached hydrogens (tertiary/aromatic N) is 2. The Kier molecular flexibility index (Phi) is 5.68. The van der Waals surface area contributed by atoms with Crippen LogP contribution in [0.4, 0.5) is 0 Å². The number of carbonyl (C=O) groups excluding carboxylic acids is 1. The first-order valence-corrected chi connectivity index (χ1v) is 10.4.